The number of amides is 1. The van der Waals surface area contributed by atoms with Crippen LogP contribution in [0.25, 0.3) is 0 Å². The quantitative estimate of drug-likeness (QED) is 0.662. The van der Waals surface area contributed by atoms with Gasteiger partial charge >= 0.3 is 0 Å². The number of benzene rings is 1. The average molecular weight is 272 g/mol. The van der Waals surface area contributed by atoms with Crippen LogP contribution in [0.2, 0.25) is 0 Å². The lowest BCUT2D eigenvalue weighted by Crippen LogP contribution is -2.37. The average Bonchev–Trinajstić information content (AvgIpc) is 2.58. The molecule has 0 spiro atoms. The first kappa shape index (κ1) is 12.2. The van der Waals surface area contributed by atoms with Gasteiger partial charge in [0.25, 0.3) is 5.91 Å². The molecular weight excluding hydrogens is 261 g/mol. The molecule has 2 rings (SSSR count). The lowest BCUT2D eigenvalue weighted by Gasteiger charge is -2.18. The largest absolute Gasteiger partial charge is 0.336 e. The van der Waals surface area contributed by atoms with Gasteiger partial charge in [0.15, 0.2) is 11.3 Å². The van der Waals surface area contributed by atoms with Crippen LogP contribution in [0.5, 0.6) is 0 Å². The first-order valence-corrected chi connectivity index (χ1v) is 5.92. The molecule has 1 heterocycles. The van der Waals surface area contributed by atoms with Crippen LogP contribution >= 0.6 is 23.2 Å². The highest BCUT2D eigenvalue weighted by atomic mass is 35.5. The lowest BCUT2D eigenvalue weighted by molar-refractivity contribution is -0.110. The summed E-state index contributed by atoms with van der Waals surface area (Å²) in [5, 5.41) is 2.73. The molecule has 2 atom stereocenters. The van der Waals surface area contributed by atoms with Crippen molar-refractivity contribution in [2.45, 2.75) is 11.0 Å². The minimum atomic E-state index is -0.599. The maximum absolute atomic E-state index is 11.9. The third kappa shape index (κ3) is 2.53. The van der Waals surface area contributed by atoms with Crippen molar-refractivity contribution in [3.05, 3.63) is 30.3 Å². The molecule has 1 N–H and O–H groups in total. The van der Waals surface area contributed by atoms with E-state index < -0.39 is 11.0 Å². The van der Waals surface area contributed by atoms with Gasteiger partial charge in [0.2, 0.25) is 0 Å². The van der Waals surface area contributed by atoms with E-state index in [1.54, 1.807) is 24.1 Å². The summed E-state index contributed by atoms with van der Waals surface area (Å²) in [6.07, 6.45) is 0. The van der Waals surface area contributed by atoms with Crippen LogP contribution in [-0.4, -0.2) is 34.7 Å². The van der Waals surface area contributed by atoms with Crippen molar-refractivity contribution < 1.29 is 4.79 Å². The normalized spacial score (nSPS) is 23.5. The summed E-state index contributed by atoms with van der Waals surface area (Å²) in [5.41, 5.74) is -0.385. The summed E-state index contributed by atoms with van der Waals surface area (Å²) in [6.45, 7) is 0. The van der Waals surface area contributed by atoms with Crippen LogP contribution < -0.4 is 5.32 Å². The second-order valence-electron chi connectivity index (χ2n) is 3.63. The van der Waals surface area contributed by atoms with Crippen LogP contribution in [0, 0.1) is 0 Å². The number of rotatable bonds is 2. The highest BCUT2D eigenvalue weighted by Gasteiger charge is 2.34. The smallest absolute Gasteiger partial charge is 0.291 e. The van der Waals surface area contributed by atoms with Gasteiger partial charge in [-0.15, -0.1) is 0 Å². The number of aliphatic imine (C=N–C) groups is 1. The molecule has 2 unspecified atom stereocenters. The predicted molar refractivity (Wildman–Crippen MR) is 69.6 cm³/mol. The molecule has 6 heteroatoms. The van der Waals surface area contributed by atoms with E-state index in [9.17, 15) is 4.79 Å². The van der Waals surface area contributed by atoms with Crippen molar-refractivity contribution >= 4 is 40.6 Å². The zero-order chi connectivity index (χ0) is 12.4. The molecule has 0 bridgehead atoms. The Balaban J connectivity index is 2.10. The van der Waals surface area contributed by atoms with Crippen molar-refractivity contribution in [1.82, 2.24) is 4.90 Å². The Labute approximate surface area is 109 Å². The molecular formula is C11H11Cl2N3O. The van der Waals surface area contributed by atoms with Gasteiger partial charge in [-0.05, 0) is 12.1 Å². The maximum Gasteiger partial charge on any atom is 0.291 e. The van der Waals surface area contributed by atoms with Gasteiger partial charge in [-0.1, -0.05) is 41.4 Å². The lowest BCUT2D eigenvalue weighted by atomic mass is 10.3. The van der Waals surface area contributed by atoms with E-state index in [0.29, 0.717) is 5.69 Å². The van der Waals surface area contributed by atoms with Crippen LogP contribution in [-0.2, 0) is 4.79 Å². The Hall–Kier alpha value is -1.26. The summed E-state index contributed by atoms with van der Waals surface area (Å²) < 4.78 is 0. The number of nitrogens with one attached hydrogen (secondary N) is 1. The van der Waals surface area contributed by atoms with E-state index in [1.807, 2.05) is 18.2 Å². The number of nitrogens with zero attached hydrogens (tertiary/aromatic N) is 2. The third-order valence-electron chi connectivity index (χ3n) is 2.41. The van der Waals surface area contributed by atoms with Crippen LogP contribution in [0.3, 0.4) is 0 Å². The monoisotopic (exact) mass is 271 g/mol. The summed E-state index contributed by atoms with van der Waals surface area (Å²) in [7, 11) is 1.68. The molecule has 17 heavy (non-hydrogen) atoms. The number of carbonyl (C=O) groups is 1. The molecule has 0 aromatic heterocycles. The van der Waals surface area contributed by atoms with Crippen molar-refractivity contribution in [3.63, 3.8) is 0 Å². The number of alkyl halides is 2. The molecule has 4 nitrogen and oxygen atoms in total. The van der Waals surface area contributed by atoms with Gasteiger partial charge in [-0.3, -0.25) is 4.79 Å². The summed E-state index contributed by atoms with van der Waals surface area (Å²) in [5.74, 6) is -0.0682. The highest BCUT2D eigenvalue weighted by Crippen LogP contribution is 2.22. The first-order chi connectivity index (χ1) is 8.09. The number of hydrogen-bond acceptors (Lipinski definition) is 3. The molecule has 0 saturated carbocycles. The van der Waals surface area contributed by atoms with Crippen molar-refractivity contribution in [3.8, 4) is 0 Å². The Kier molecular flexibility index (Phi) is 3.54. The summed E-state index contributed by atoms with van der Waals surface area (Å²) in [4.78, 5) is 17.5. The Morgan fingerprint density at radius 3 is 2.53 bits per heavy atom. The number of amidine groups is 1. The van der Waals surface area contributed by atoms with Crippen LogP contribution in [0.1, 0.15) is 0 Å². The molecule has 90 valence electrons. The maximum atomic E-state index is 11.9. The zero-order valence-electron chi connectivity index (χ0n) is 9.10. The minimum absolute atomic E-state index is 0.244. The Morgan fingerprint density at radius 1 is 1.35 bits per heavy atom. The summed E-state index contributed by atoms with van der Waals surface area (Å²) in [6, 6.07) is 9.14. The van der Waals surface area contributed by atoms with Crippen LogP contribution in [0.4, 0.5) is 5.69 Å². The topological polar surface area (TPSA) is 44.7 Å². The van der Waals surface area contributed by atoms with Gasteiger partial charge in [0, 0.05) is 12.7 Å². The molecule has 0 aliphatic carbocycles. The van der Waals surface area contributed by atoms with Gasteiger partial charge in [-0.25, -0.2) is 4.99 Å². The number of para-hydroxylation sites is 1. The predicted octanol–water partition coefficient (Wildman–Crippen LogP) is 2.10. The number of carbonyl (C=O) groups excluding carboxylic acids is 1. The number of hydrogen-bond donors (Lipinski definition) is 1. The number of anilines is 1. The van der Waals surface area contributed by atoms with E-state index in [2.05, 4.69) is 10.3 Å². The highest BCUT2D eigenvalue weighted by molar-refractivity contribution is 6.45. The Morgan fingerprint density at radius 2 is 2.00 bits per heavy atom. The van der Waals surface area contributed by atoms with Crippen LogP contribution in [0.15, 0.2) is 35.3 Å². The standard InChI is InChI=1S/C11H11Cl2N3O/c1-16-9(13)8(12)15-10(16)11(17)14-7-5-3-2-4-6-7/h2-6,8-9H,1H3,(H,14,17). The fraction of sp³-hybridized carbons (Fsp3) is 0.273. The number of likely N-dealkylation sites (N-methyl/N-ethyl adjacent to an activating group) is 1. The minimum Gasteiger partial charge on any atom is -0.336 e. The second kappa shape index (κ2) is 4.94. The van der Waals surface area contributed by atoms with Crippen molar-refractivity contribution in [2.24, 2.45) is 4.99 Å². The van der Waals surface area contributed by atoms with Crippen molar-refractivity contribution in [2.75, 3.05) is 12.4 Å². The molecule has 1 aliphatic heterocycles. The fourth-order valence-electron chi connectivity index (χ4n) is 1.50. The molecule has 1 aromatic rings. The van der Waals surface area contributed by atoms with Gasteiger partial charge in [0.05, 0.1) is 0 Å². The Bertz CT molecular complexity index is 449. The molecule has 1 aromatic carbocycles. The molecule has 1 aliphatic rings. The van der Waals surface area contributed by atoms with Gasteiger partial charge in [0.1, 0.15) is 5.50 Å². The third-order valence-corrected chi connectivity index (χ3v) is 3.41. The summed E-state index contributed by atoms with van der Waals surface area (Å²) >= 11 is 11.8. The van der Waals surface area contributed by atoms with E-state index in [4.69, 9.17) is 23.2 Å². The van der Waals surface area contributed by atoms with E-state index in [1.165, 1.54) is 0 Å². The van der Waals surface area contributed by atoms with E-state index in [-0.39, 0.29) is 11.7 Å². The SMILES string of the molecule is CN1C(C(=O)Nc2ccccc2)=NC(Cl)C1Cl. The first-order valence-electron chi connectivity index (χ1n) is 5.05. The number of halogens is 2. The molecule has 0 saturated heterocycles. The van der Waals surface area contributed by atoms with E-state index >= 15 is 0 Å². The van der Waals surface area contributed by atoms with Gasteiger partial charge in [-0.2, -0.15) is 0 Å². The molecule has 1 amide bonds. The van der Waals surface area contributed by atoms with E-state index in [0.717, 1.165) is 0 Å². The zero-order valence-corrected chi connectivity index (χ0v) is 10.6. The fourth-order valence-corrected chi connectivity index (χ4v) is 1.91. The molecule has 0 fully saturated rings. The van der Waals surface area contributed by atoms with Gasteiger partial charge < -0.3 is 10.2 Å². The molecule has 0 radical (unpaired) electrons. The van der Waals surface area contributed by atoms with Crippen molar-refractivity contribution in [1.29, 1.82) is 0 Å². The second-order valence-corrected chi connectivity index (χ2v) is 4.52.